The minimum atomic E-state index is -0.342. The minimum Gasteiger partial charge on any atom is -0.382 e. The van der Waals surface area contributed by atoms with E-state index in [0.29, 0.717) is 5.69 Å². The van der Waals surface area contributed by atoms with Crippen molar-refractivity contribution in [3.63, 3.8) is 0 Å². The van der Waals surface area contributed by atoms with Gasteiger partial charge in [-0.2, -0.15) is 0 Å². The Morgan fingerprint density at radius 1 is 1.39 bits per heavy atom. The number of nitrogens with two attached hydrogens (primary N) is 1. The lowest BCUT2D eigenvalue weighted by Crippen LogP contribution is -2.14. The summed E-state index contributed by atoms with van der Waals surface area (Å²) in [6.45, 7) is 1.97. The molecule has 2 rings (SSSR count). The average Bonchev–Trinajstić information content (AvgIpc) is 2.34. The van der Waals surface area contributed by atoms with E-state index in [0.717, 1.165) is 10.0 Å². The molecule has 0 aliphatic heterocycles. The molecule has 18 heavy (non-hydrogen) atoms. The topological polar surface area (TPSA) is 80.9 Å². The fourth-order valence-corrected chi connectivity index (χ4v) is 1.73. The van der Waals surface area contributed by atoms with E-state index in [-0.39, 0.29) is 17.4 Å². The van der Waals surface area contributed by atoms with Gasteiger partial charge in [0, 0.05) is 10.2 Å². The van der Waals surface area contributed by atoms with Crippen LogP contribution < -0.4 is 11.1 Å². The predicted octanol–water partition coefficient (Wildman–Crippen LogP) is 2.38. The second kappa shape index (κ2) is 5.14. The normalized spacial score (nSPS) is 10.1. The molecule has 0 radical (unpaired) electrons. The van der Waals surface area contributed by atoms with Crippen molar-refractivity contribution in [2.75, 3.05) is 11.1 Å². The number of carbonyl (C=O) groups is 1. The van der Waals surface area contributed by atoms with Crippen LogP contribution in [0, 0.1) is 6.92 Å². The maximum atomic E-state index is 11.9. The van der Waals surface area contributed by atoms with E-state index >= 15 is 0 Å². The number of hydrogen-bond acceptors (Lipinski definition) is 4. The summed E-state index contributed by atoms with van der Waals surface area (Å²) in [6.07, 6.45) is 2.76. The molecule has 0 spiro atoms. The maximum absolute atomic E-state index is 11.9. The van der Waals surface area contributed by atoms with Crippen molar-refractivity contribution in [3.8, 4) is 0 Å². The Hall–Kier alpha value is -1.95. The highest BCUT2D eigenvalue weighted by atomic mass is 79.9. The van der Waals surface area contributed by atoms with Crippen LogP contribution in [0.15, 0.2) is 35.1 Å². The van der Waals surface area contributed by atoms with Crippen molar-refractivity contribution in [2.45, 2.75) is 6.92 Å². The summed E-state index contributed by atoms with van der Waals surface area (Å²) >= 11 is 3.40. The summed E-state index contributed by atoms with van der Waals surface area (Å²) in [4.78, 5) is 19.6. The molecule has 0 bridgehead atoms. The van der Waals surface area contributed by atoms with Gasteiger partial charge < -0.3 is 11.1 Å². The van der Waals surface area contributed by atoms with Crippen molar-refractivity contribution in [1.82, 2.24) is 9.97 Å². The van der Waals surface area contributed by atoms with Gasteiger partial charge in [-0.05, 0) is 24.6 Å². The Labute approximate surface area is 113 Å². The van der Waals surface area contributed by atoms with E-state index in [9.17, 15) is 4.79 Å². The molecule has 1 aromatic carbocycles. The molecular weight excluding hydrogens is 296 g/mol. The number of amides is 1. The Bertz CT molecular complexity index is 600. The largest absolute Gasteiger partial charge is 0.382 e. The fourth-order valence-electron chi connectivity index (χ4n) is 1.36. The maximum Gasteiger partial charge on any atom is 0.275 e. The molecular formula is C12H11BrN4O. The van der Waals surface area contributed by atoms with Gasteiger partial charge in [-0.1, -0.05) is 22.0 Å². The number of rotatable bonds is 2. The number of aromatic nitrogens is 2. The van der Waals surface area contributed by atoms with Crippen LogP contribution in [0.2, 0.25) is 0 Å². The van der Waals surface area contributed by atoms with Gasteiger partial charge in [-0.25, -0.2) is 4.98 Å². The molecule has 1 heterocycles. The molecule has 5 nitrogen and oxygen atoms in total. The highest BCUT2D eigenvalue weighted by Crippen LogP contribution is 2.20. The first-order valence-electron chi connectivity index (χ1n) is 5.21. The lowest BCUT2D eigenvalue weighted by molar-refractivity contribution is 0.102. The number of nitrogens with zero attached hydrogens (tertiary/aromatic N) is 2. The number of nitrogen functional groups attached to an aromatic ring is 1. The predicted molar refractivity (Wildman–Crippen MR) is 73.3 cm³/mol. The minimum absolute atomic E-state index is 0.187. The average molecular weight is 307 g/mol. The number of anilines is 2. The third kappa shape index (κ3) is 2.84. The summed E-state index contributed by atoms with van der Waals surface area (Å²) in [7, 11) is 0. The zero-order chi connectivity index (χ0) is 13.1. The van der Waals surface area contributed by atoms with Crippen LogP contribution in [0.3, 0.4) is 0 Å². The zero-order valence-electron chi connectivity index (χ0n) is 9.64. The van der Waals surface area contributed by atoms with E-state index in [1.54, 1.807) is 0 Å². The first-order chi connectivity index (χ1) is 8.56. The lowest BCUT2D eigenvalue weighted by atomic mass is 10.2. The van der Waals surface area contributed by atoms with Crippen LogP contribution >= 0.6 is 15.9 Å². The molecule has 0 aliphatic rings. The molecule has 0 fully saturated rings. The van der Waals surface area contributed by atoms with Gasteiger partial charge in [0.1, 0.15) is 11.5 Å². The summed E-state index contributed by atoms with van der Waals surface area (Å²) in [5, 5.41) is 2.73. The van der Waals surface area contributed by atoms with Crippen molar-refractivity contribution in [3.05, 3.63) is 46.3 Å². The standard InChI is InChI=1S/C12H11BrN4O/c1-7-2-3-8(4-9(7)13)16-12(18)10-5-15-6-11(14)17-10/h2-6H,1H3,(H2,14,17)(H,16,18). The Kier molecular flexibility index (Phi) is 3.57. The number of benzene rings is 1. The highest BCUT2D eigenvalue weighted by molar-refractivity contribution is 9.10. The van der Waals surface area contributed by atoms with Crippen LogP contribution in [0.25, 0.3) is 0 Å². The summed E-state index contributed by atoms with van der Waals surface area (Å²) in [5.74, 6) is -0.127. The Balaban J connectivity index is 2.18. The number of aryl methyl sites for hydroxylation is 1. The number of halogens is 1. The van der Waals surface area contributed by atoms with E-state index in [1.165, 1.54) is 12.4 Å². The number of carbonyl (C=O) groups excluding carboxylic acids is 1. The molecule has 1 amide bonds. The van der Waals surface area contributed by atoms with E-state index in [4.69, 9.17) is 5.73 Å². The van der Waals surface area contributed by atoms with E-state index < -0.39 is 0 Å². The van der Waals surface area contributed by atoms with Crippen LogP contribution in [0.5, 0.6) is 0 Å². The second-order valence-corrected chi connectivity index (χ2v) is 4.60. The van der Waals surface area contributed by atoms with Crippen LogP contribution in [-0.2, 0) is 0 Å². The van der Waals surface area contributed by atoms with Gasteiger partial charge in [0.05, 0.1) is 12.4 Å². The molecule has 0 atom stereocenters. The van der Waals surface area contributed by atoms with Crippen LogP contribution in [0.1, 0.15) is 16.1 Å². The third-order valence-electron chi connectivity index (χ3n) is 2.32. The van der Waals surface area contributed by atoms with Crippen LogP contribution in [0.4, 0.5) is 11.5 Å². The molecule has 0 saturated heterocycles. The van der Waals surface area contributed by atoms with Gasteiger partial charge in [0.2, 0.25) is 0 Å². The number of hydrogen-bond donors (Lipinski definition) is 2. The smallest absolute Gasteiger partial charge is 0.275 e. The van der Waals surface area contributed by atoms with Gasteiger partial charge in [0.25, 0.3) is 5.91 Å². The highest BCUT2D eigenvalue weighted by Gasteiger charge is 2.09. The first-order valence-corrected chi connectivity index (χ1v) is 6.00. The van der Waals surface area contributed by atoms with Crippen molar-refractivity contribution >= 4 is 33.3 Å². The molecule has 1 aromatic heterocycles. The zero-order valence-corrected chi connectivity index (χ0v) is 11.2. The molecule has 0 aliphatic carbocycles. The molecule has 3 N–H and O–H groups in total. The SMILES string of the molecule is Cc1ccc(NC(=O)c2cncc(N)n2)cc1Br. The van der Waals surface area contributed by atoms with E-state index in [2.05, 4.69) is 31.2 Å². The van der Waals surface area contributed by atoms with Crippen molar-refractivity contribution in [1.29, 1.82) is 0 Å². The van der Waals surface area contributed by atoms with Gasteiger partial charge in [-0.3, -0.25) is 9.78 Å². The third-order valence-corrected chi connectivity index (χ3v) is 3.17. The Morgan fingerprint density at radius 2 is 2.17 bits per heavy atom. The summed E-state index contributed by atoms with van der Waals surface area (Å²) in [5.41, 5.74) is 7.44. The summed E-state index contributed by atoms with van der Waals surface area (Å²) < 4.78 is 0.930. The first kappa shape index (κ1) is 12.5. The Morgan fingerprint density at radius 3 is 2.83 bits per heavy atom. The van der Waals surface area contributed by atoms with Gasteiger partial charge in [0.15, 0.2) is 0 Å². The van der Waals surface area contributed by atoms with Gasteiger partial charge >= 0.3 is 0 Å². The molecule has 0 unspecified atom stereocenters. The van der Waals surface area contributed by atoms with Gasteiger partial charge in [-0.15, -0.1) is 0 Å². The molecule has 2 aromatic rings. The van der Waals surface area contributed by atoms with Crippen LogP contribution in [-0.4, -0.2) is 15.9 Å². The monoisotopic (exact) mass is 306 g/mol. The fraction of sp³-hybridized carbons (Fsp3) is 0.0833. The number of nitrogens with one attached hydrogen (secondary N) is 1. The van der Waals surface area contributed by atoms with Crippen molar-refractivity contribution < 1.29 is 4.79 Å². The lowest BCUT2D eigenvalue weighted by Gasteiger charge is -2.06. The quantitative estimate of drug-likeness (QED) is 0.892. The molecule has 6 heteroatoms. The molecule has 0 saturated carbocycles. The summed E-state index contributed by atoms with van der Waals surface area (Å²) in [6, 6.07) is 5.55. The molecule has 92 valence electrons. The van der Waals surface area contributed by atoms with E-state index in [1.807, 2.05) is 25.1 Å². The van der Waals surface area contributed by atoms with Crippen molar-refractivity contribution in [2.24, 2.45) is 0 Å². The second-order valence-electron chi connectivity index (χ2n) is 3.75.